The van der Waals surface area contributed by atoms with Crippen LogP contribution in [0.3, 0.4) is 0 Å². The summed E-state index contributed by atoms with van der Waals surface area (Å²) in [4.78, 5) is 21.7. The average molecular weight is 473 g/mol. The topological polar surface area (TPSA) is 141 Å². The van der Waals surface area contributed by atoms with Crippen LogP contribution in [0.25, 0.3) is 0 Å². The van der Waals surface area contributed by atoms with E-state index < -0.39 is 38.0 Å². The maximum atomic E-state index is 15.0. The highest BCUT2D eigenvalue weighted by Crippen LogP contribution is 2.60. The number of amides is 1. The van der Waals surface area contributed by atoms with Crippen molar-refractivity contribution >= 4 is 33.3 Å². The monoisotopic (exact) mass is 472 g/mol. The Labute approximate surface area is 191 Å². The lowest BCUT2D eigenvalue weighted by Gasteiger charge is -2.42. The predicted molar refractivity (Wildman–Crippen MR) is 122 cm³/mol. The van der Waals surface area contributed by atoms with Gasteiger partial charge in [0, 0.05) is 18.3 Å². The smallest absolute Gasteiger partial charge is 0.274 e. The van der Waals surface area contributed by atoms with Crippen molar-refractivity contribution in [1.82, 2.24) is 4.31 Å². The van der Waals surface area contributed by atoms with Crippen molar-refractivity contribution in [2.24, 2.45) is 21.6 Å². The third-order valence-corrected chi connectivity index (χ3v) is 9.58. The second-order valence-corrected chi connectivity index (χ2v) is 11.2. The standard InChI is InChI=1S/C22H25FN6O3S/c1-12-9-14(11-24)13(2)26-18(12)19(30)27-15-5-6-17(23)16(10-15)21(3)22(7-8-22)33(31,32)29(4)20(25)28-21/h5-6,9-10,13-14H,7-8H2,1-4H3,(H2,25,28)(H,27,30)/t13?,14?,21-/m1/s1. The van der Waals surface area contributed by atoms with Crippen LogP contribution in [0.5, 0.6) is 0 Å². The molecule has 1 aromatic carbocycles. The second kappa shape index (κ2) is 7.38. The maximum absolute atomic E-state index is 15.0. The van der Waals surface area contributed by atoms with E-state index in [1.165, 1.54) is 25.2 Å². The number of nitrogens with zero attached hydrogens (tertiary/aromatic N) is 4. The van der Waals surface area contributed by atoms with Gasteiger partial charge in [0.05, 0.1) is 18.0 Å². The van der Waals surface area contributed by atoms with E-state index in [0.717, 1.165) is 4.31 Å². The molecule has 33 heavy (non-hydrogen) atoms. The molecule has 0 bridgehead atoms. The zero-order valence-corrected chi connectivity index (χ0v) is 19.6. The molecule has 2 heterocycles. The van der Waals surface area contributed by atoms with Gasteiger partial charge in [-0.2, -0.15) is 5.26 Å². The number of carbonyl (C=O) groups excluding carboxylic acids is 1. The summed E-state index contributed by atoms with van der Waals surface area (Å²) >= 11 is 0. The number of sulfonamides is 1. The third kappa shape index (κ3) is 3.23. The van der Waals surface area contributed by atoms with Crippen LogP contribution in [0.4, 0.5) is 10.1 Å². The summed E-state index contributed by atoms with van der Waals surface area (Å²) in [5.41, 5.74) is 5.50. The van der Waals surface area contributed by atoms with E-state index in [4.69, 9.17) is 5.73 Å². The molecule has 0 aromatic heterocycles. The summed E-state index contributed by atoms with van der Waals surface area (Å²) < 4.78 is 40.9. The molecule has 3 aliphatic rings. The molecule has 174 valence electrons. The molecule has 0 saturated heterocycles. The quantitative estimate of drug-likeness (QED) is 0.692. The number of rotatable bonds is 3. The number of halogens is 1. The van der Waals surface area contributed by atoms with Gasteiger partial charge in [-0.15, -0.1) is 0 Å². The molecule has 4 rings (SSSR count). The number of hydrogen-bond donors (Lipinski definition) is 2. The lowest BCUT2D eigenvalue weighted by atomic mass is 9.86. The molecule has 1 saturated carbocycles. The molecule has 1 amide bonds. The normalized spacial score (nSPS) is 29.5. The summed E-state index contributed by atoms with van der Waals surface area (Å²) in [6, 6.07) is 5.72. The first-order valence-corrected chi connectivity index (χ1v) is 11.9. The fraction of sp³-hybridized carbons (Fsp3) is 0.455. The highest BCUT2D eigenvalue weighted by atomic mass is 32.2. The Morgan fingerprint density at radius 1 is 1.39 bits per heavy atom. The first-order chi connectivity index (χ1) is 15.4. The van der Waals surface area contributed by atoms with E-state index in [0.29, 0.717) is 18.4 Å². The molecule has 1 spiro atoms. The summed E-state index contributed by atoms with van der Waals surface area (Å²) in [5, 5.41) is 11.9. The van der Waals surface area contributed by atoms with Crippen LogP contribution in [-0.2, 0) is 20.4 Å². The fourth-order valence-electron chi connectivity index (χ4n) is 4.62. The summed E-state index contributed by atoms with van der Waals surface area (Å²) in [6.45, 7) is 5.01. The van der Waals surface area contributed by atoms with E-state index in [2.05, 4.69) is 21.4 Å². The molecule has 0 radical (unpaired) electrons. The number of nitriles is 1. The van der Waals surface area contributed by atoms with Gasteiger partial charge in [-0.1, -0.05) is 6.08 Å². The Morgan fingerprint density at radius 3 is 2.67 bits per heavy atom. The minimum Gasteiger partial charge on any atom is -0.369 e. The number of carbonyl (C=O) groups is 1. The van der Waals surface area contributed by atoms with Crippen LogP contribution >= 0.6 is 0 Å². The Balaban J connectivity index is 1.71. The van der Waals surface area contributed by atoms with Crippen molar-refractivity contribution < 1.29 is 17.6 Å². The number of nitrogens with two attached hydrogens (primary N) is 1. The van der Waals surface area contributed by atoms with Crippen molar-refractivity contribution in [3.8, 4) is 6.07 Å². The molecular formula is C22H25FN6O3S. The molecule has 1 aliphatic carbocycles. The Bertz CT molecular complexity index is 1290. The largest absolute Gasteiger partial charge is 0.369 e. The van der Waals surface area contributed by atoms with Crippen LogP contribution in [0.15, 0.2) is 39.8 Å². The Kier molecular flexibility index (Phi) is 5.13. The Morgan fingerprint density at radius 2 is 2.06 bits per heavy atom. The third-order valence-electron chi connectivity index (χ3n) is 6.87. The van der Waals surface area contributed by atoms with E-state index in [-0.39, 0.29) is 29.0 Å². The molecular weight excluding hydrogens is 447 g/mol. The second-order valence-electron chi connectivity index (χ2n) is 8.88. The zero-order valence-electron chi connectivity index (χ0n) is 18.8. The Hall–Kier alpha value is -3.26. The average Bonchev–Trinajstić information content (AvgIpc) is 3.57. The summed E-state index contributed by atoms with van der Waals surface area (Å²) in [7, 11) is -2.52. The van der Waals surface area contributed by atoms with E-state index in [1.807, 2.05) is 0 Å². The SMILES string of the molecule is CC1=CC(C#N)C(C)N=C1C(=O)Nc1ccc(F)c([C@@]2(C)N=C(N)N(C)S(=O)(=O)C23CC3)c1. The number of guanidine groups is 1. The first kappa shape index (κ1) is 22.9. The highest BCUT2D eigenvalue weighted by Gasteiger charge is 2.70. The molecule has 3 N–H and O–H groups in total. The lowest BCUT2D eigenvalue weighted by Crippen LogP contribution is -2.58. The molecule has 3 atom stereocenters. The minimum absolute atomic E-state index is 0.0354. The highest BCUT2D eigenvalue weighted by molar-refractivity contribution is 7.91. The van der Waals surface area contributed by atoms with Crippen molar-refractivity contribution in [1.29, 1.82) is 5.26 Å². The van der Waals surface area contributed by atoms with Gasteiger partial charge in [0.15, 0.2) is 0 Å². The van der Waals surface area contributed by atoms with Gasteiger partial charge >= 0.3 is 0 Å². The number of aliphatic imine (C=N–C) groups is 2. The number of dihydropyridines is 1. The molecule has 1 aromatic rings. The predicted octanol–water partition coefficient (Wildman–Crippen LogP) is 2.03. The first-order valence-electron chi connectivity index (χ1n) is 10.5. The van der Waals surface area contributed by atoms with Crippen LogP contribution in [0.1, 0.15) is 39.2 Å². The van der Waals surface area contributed by atoms with Crippen molar-refractivity contribution in [3.05, 3.63) is 41.2 Å². The molecule has 1 fully saturated rings. The van der Waals surface area contributed by atoms with Gasteiger partial charge in [0.25, 0.3) is 5.91 Å². The van der Waals surface area contributed by atoms with Gasteiger partial charge in [0.2, 0.25) is 16.0 Å². The van der Waals surface area contributed by atoms with Crippen LogP contribution in [-0.4, -0.2) is 48.1 Å². The van der Waals surface area contributed by atoms with Crippen molar-refractivity contribution in [3.63, 3.8) is 0 Å². The zero-order chi connectivity index (χ0) is 24.3. The molecule has 2 aliphatic heterocycles. The molecule has 9 nitrogen and oxygen atoms in total. The van der Waals surface area contributed by atoms with Gasteiger partial charge in [0.1, 0.15) is 21.8 Å². The van der Waals surface area contributed by atoms with Gasteiger partial charge in [-0.05, 0) is 57.4 Å². The van der Waals surface area contributed by atoms with Gasteiger partial charge in [-0.3, -0.25) is 9.79 Å². The van der Waals surface area contributed by atoms with E-state index >= 15 is 4.39 Å². The minimum atomic E-state index is -3.85. The number of nitrogens with one attached hydrogen (secondary N) is 1. The number of hydrogen-bond acceptors (Lipinski definition) is 7. The van der Waals surface area contributed by atoms with Crippen molar-refractivity contribution in [2.75, 3.05) is 12.4 Å². The summed E-state index contributed by atoms with van der Waals surface area (Å²) in [5.74, 6) is -1.78. The molecule has 2 unspecified atom stereocenters. The van der Waals surface area contributed by atoms with Crippen LogP contribution in [0.2, 0.25) is 0 Å². The molecule has 11 heteroatoms. The van der Waals surface area contributed by atoms with Crippen LogP contribution < -0.4 is 11.1 Å². The lowest BCUT2D eigenvalue weighted by molar-refractivity contribution is -0.110. The summed E-state index contributed by atoms with van der Waals surface area (Å²) in [6.07, 6.45) is 2.34. The number of benzene rings is 1. The van der Waals surface area contributed by atoms with E-state index in [1.54, 1.807) is 26.8 Å². The van der Waals surface area contributed by atoms with Gasteiger partial charge in [-0.25, -0.2) is 22.1 Å². The number of anilines is 1. The van der Waals surface area contributed by atoms with Gasteiger partial charge < -0.3 is 11.1 Å². The maximum Gasteiger partial charge on any atom is 0.274 e. The van der Waals surface area contributed by atoms with E-state index in [9.17, 15) is 18.5 Å². The fourth-order valence-corrected chi connectivity index (χ4v) is 6.71. The van der Waals surface area contributed by atoms with Crippen molar-refractivity contribution in [2.45, 2.75) is 49.9 Å². The van der Waals surface area contributed by atoms with Crippen LogP contribution in [0, 0.1) is 23.1 Å².